The summed E-state index contributed by atoms with van der Waals surface area (Å²) in [6.45, 7) is 1.58. The molecule has 1 saturated heterocycles. The highest BCUT2D eigenvalue weighted by Gasteiger charge is 2.40. The summed E-state index contributed by atoms with van der Waals surface area (Å²) in [5.41, 5.74) is 3.24. The number of methoxy groups -OCH3 is 1. The van der Waals surface area contributed by atoms with E-state index in [9.17, 15) is 14.7 Å². The summed E-state index contributed by atoms with van der Waals surface area (Å²) in [4.78, 5) is 28.0. The van der Waals surface area contributed by atoms with Gasteiger partial charge in [-0.3, -0.25) is 4.79 Å². The van der Waals surface area contributed by atoms with Crippen molar-refractivity contribution in [3.05, 3.63) is 95.1 Å². The minimum absolute atomic E-state index is 0.0938. The lowest BCUT2D eigenvalue weighted by Gasteiger charge is -2.38. The maximum absolute atomic E-state index is 14.1. The number of aliphatic carboxylic acids is 1. The van der Waals surface area contributed by atoms with Crippen molar-refractivity contribution in [1.29, 1.82) is 0 Å². The maximum Gasteiger partial charge on any atom is 0.326 e. The minimum atomic E-state index is -1.08. The fraction of sp³-hybridized carbons (Fsp3) is 0.355. The number of rotatable bonds is 9. The Hall–Kier alpha value is -3.88. The van der Waals surface area contributed by atoms with E-state index in [2.05, 4.69) is 0 Å². The van der Waals surface area contributed by atoms with Crippen molar-refractivity contribution in [1.82, 2.24) is 4.90 Å². The molecule has 1 unspecified atom stereocenters. The Balaban J connectivity index is 1.45. The molecule has 8 nitrogen and oxygen atoms in total. The fourth-order valence-electron chi connectivity index (χ4n) is 5.18. The lowest BCUT2D eigenvalue weighted by molar-refractivity contribution is -0.162. The number of carbonyl (C=O) groups excluding carboxylic acids is 1. The lowest BCUT2D eigenvalue weighted by atomic mass is 9.91. The van der Waals surface area contributed by atoms with Gasteiger partial charge in [-0.05, 0) is 35.6 Å². The van der Waals surface area contributed by atoms with Gasteiger partial charge in [-0.1, -0.05) is 66.7 Å². The number of hydrogen-bond acceptors (Lipinski definition) is 6. The fourth-order valence-corrected chi connectivity index (χ4v) is 5.18. The monoisotopic (exact) mass is 531 g/mol. The van der Waals surface area contributed by atoms with Crippen molar-refractivity contribution in [2.75, 3.05) is 20.3 Å². The Morgan fingerprint density at radius 2 is 1.69 bits per heavy atom. The summed E-state index contributed by atoms with van der Waals surface area (Å²) in [6, 6.07) is 21.6. The molecule has 0 aromatic heterocycles. The zero-order valence-electron chi connectivity index (χ0n) is 22.0. The number of hydrogen-bond donors (Lipinski definition) is 1. The van der Waals surface area contributed by atoms with Gasteiger partial charge in [-0.25, -0.2) is 4.79 Å². The smallest absolute Gasteiger partial charge is 0.326 e. The second-order valence-electron chi connectivity index (χ2n) is 9.77. The van der Waals surface area contributed by atoms with Crippen LogP contribution < -0.4 is 9.47 Å². The number of carboxylic acids is 1. The van der Waals surface area contributed by atoms with Crippen LogP contribution in [0.1, 0.15) is 41.2 Å². The van der Waals surface area contributed by atoms with E-state index < -0.39 is 18.1 Å². The quantitative estimate of drug-likeness (QED) is 0.433. The highest BCUT2D eigenvalue weighted by Crippen LogP contribution is 2.40. The third-order valence-electron chi connectivity index (χ3n) is 7.27. The van der Waals surface area contributed by atoms with E-state index in [1.54, 1.807) is 13.2 Å². The van der Waals surface area contributed by atoms with Gasteiger partial charge in [0.25, 0.3) is 5.91 Å². The molecule has 2 aliphatic rings. The third-order valence-corrected chi connectivity index (χ3v) is 7.27. The molecular weight excluding hydrogens is 498 g/mol. The molecule has 0 aliphatic carbocycles. The van der Waals surface area contributed by atoms with Crippen molar-refractivity contribution < 1.29 is 33.6 Å². The first-order valence-corrected chi connectivity index (χ1v) is 13.2. The second kappa shape index (κ2) is 12.3. The molecule has 2 heterocycles. The molecule has 8 heteroatoms. The molecule has 2 aliphatic heterocycles. The molecule has 0 saturated carbocycles. The van der Waals surface area contributed by atoms with Gasteiger partial charge in [-0.15, -0.1) is 0 Å². The van der Waals surface area contributed by atoms with Gasteiger partial charge in [0.05, 0.1) is 13.2 Å². The molecule has 0 bridgehead atoms. The van der Waals surface area contributed by atoms with E-state index in [1.807, 2.05) is 66.7 Å². The van der Waals surface area contributed by atoms with Crippen LogP contribution in [0.15, 0.2) is 72.8 Å². The summed E-state index contributed by atoms with van der Waals surface area (Å²) >= 11 is 0. The molecule has 0 spiro atoms. The van der Waals surface area contributed by atoms with Gasteiger partial charge in [0.2, 0.25) is 0 Å². The van der Waals surface area contributed by atoms with Gasteiger partial charge in [0.15, 0.2) is 17.6 Å². The first-order chi connectivity index (χ1) is 19.0. The van der Waals surface area contributed by atoms with E-state index in [0.29, 0.717) is 49.7 Å². The molecule has 3 aromatic carbocycles. The first-order valence-electron chi connectivity index (χ1n) is 13.2. The SMILES string of the molecule is COc1ccc2c(c1OCc1ccccc1)CC(C(=O)O)N(C(=O)[C@H](OC1CCOCC1)c1ccccc1)C2. The normalized spacial score (nSPS) is 18.2. The second-order valence-corrected chi connectivity index (χ2v) is 9.77. The third kappa shape index (κ3) is 6.08. The summed E-state index contributed by atoms with van der Waals surface area (Å²) in [7, 11) is 1.56. The number of amides is 1. The van der Waals surface area contributed by atoms with Gasteiger partial charge >= 0.3 is 5.97 Å². The van der Waals surface area contributed by atoms with Crippen LogP contribution in [0.2, 0.25) is 0 Å². The predicted octanol–water partition coefficient (Wildman–Crippen LogP) is 4.55. The molecule has 204 valence electrons. The van der Waals surface area contributed by atoms with Crippen LogP contribution in [-0.2, 0) is 38.6 Å². The van der Waals surface area contributed by atoms with Crippen molar-refractivity contribution >= 4 is 11.9 Å². The summed E-state index contributed by atoms with van der Waals surface area (Å²) in [5.74, 6) is -0.411. The van der Waals surface area contributed by atoms with Crippen LogP contribution in [0, 0.1) is 0 Å². The van der Waals surface area contributed by atoms with Crippen molar-refractivity contribution in [2.45, 2.75) is 50.7 Å². The average molecular weight is 532 g/mol. The van der Waals surface area contributed by atoms with Gasteiger partial charge in [-0.2, -0.15) is 0 Å². The van der Waals surface area contributed by atoms with Crippen LogP contribution in [0.3, 0.4) is 0 Å². The number of ether oxygens (including phenoxy) is 4. The molecule has 1 amide bonds. The van der Waals surface area contributed by atoms with Gasteiger partial charge in [0, 0.05) is 31.7 Å². The van der Waals surface area contributed by atoms with Crippen LogP contribution >= 0.6 is 0 Å². The lowest BCUT2D eigenvalue weighted by Crippen LogP contribution is -2.51. The number of carboxylic acid groups (broad SMARTS) is 1. The molecule has 1 N–H and O–H groups in total. The average Bonchev–Trinajstić information content (AvgIpc) is 2.99. The van der Waals surface area contributed by atoms with Crippen molar-refractivity contribution in [3.8, 4) is 11.5 Å². The first kappa shape index (κ1) is 26.7. The van der Waals surface area contributed by atoms with E-state index in [1.165, 1.54) is 4.90 Å². The van der Waals surface area contributed by atoms with Crippen LogP contribution in [0.5, 0.6) is 11.5 Å². The van der Waals surface area contributed by atoms with Crippen LogP contribution in [0.4, 0.5) is 0 Å². The molecule has 1 fully saturated rings. The Bertz CT molecular complexity index is 1270. The molecule has 39 heavy (non-hydrogen) atoms. The minimum Gasteiger partial charge on any atom is -0.493 e. The van der Waals surface area contributed by atoms with Gasteiger partial charge in [0.1, 0.15) is 12.6 Å². The van der Waals surface area contributed by atoms with Gasteiger partial charge < -0.3 is 29.0 Å². The Kier molecular flexibility index (Phi) is 8.44. The Morgan fingerprint density at radius 1 is 1.00 bits per heavy atom. The Labute approximate surface area is 228 Å². The summed E-state index contributed by atoms with van der Waals surface area (Å²) < 4.78 is 23.6. The molecule has 0 radical (unpaired) electrons. The number of carbonyl (C=O) groups is 2. The number of fused-ring (bicyclic) bond motifs is 1. The predicted molar refractivity (Wildman–Crippen MR) is 144 cm³/mol. The van der Waals surface area contributed by atoms with E-state index in [4.69, 9.17) is 18.9 Å². The largest absolute Gasteiger partial charge is 0.493 e. The number of nitrogens with zero attached hydrogens (tertiary/aromatic N) is 1. The van der Waals surface area contributed by atoms with Crippen LogP contribution in [0.25, 0.3) is 0 Å². The van der Waals surface area contributed by atoms with E-state index >= 15 is 0 Å². The maximum atomic E-state index is 14.1. The molecule has 3 aromatic rings. The van der Waals surface area contributed by atoms with Crippen molar-refractivity contribution in [2.24, 2.45) is 0 Å². The molecular formula is C31H33NO7. The zero-order valence-corrected chi connectivity index (χ0v) is 22.0. The highest BCUT2D eigenvalue weighted by molar-refractivity contribution is 5.88. The topological polar surface area (TPSA) is 94.5 Å². The molecule has 5 rings (SSSR count). The van der Waals surface area contributed by atoms with E-state index in [-0.39, 0.29) is 25.0 Å². The molecule has 2 atom stereocenters. The van der Waals surface area contributed by atoms with Crippen molar-refractivity contribution in [3.63, 3.8) is 0 Å². The summed E-state index contributed by atoms with van der Waals surface area (Å²) in [6.07, 6.45) is 0.407. The van der Waals surface area contributed by atoms with E-state index in [0.717, 1.165) is 16.7 Å². The Morgan fingerprint density at radius 3 is 2.36 bits per heavy atom. The van der Waals surface area contributed by atoms with Crippen LogP contribution in [-0.4, -0.2) is 54.4 Å². The summed E-state index contributed by atoms with van der Waals surface area (Å²) in [5, 5.41) is 10.3. The number of benzene rings is 3. The zero-order chi connectivity index (χ0) is 27.2. The highest BCUT2D eigenvalue weighted by atomic mass is 16.5. The standard InChI is InChI=1S/C31H33NO7/c1-36-27-13-12-23-19-32(26(31(34)35)18-25(23)29(27)38-20-21-8-4-2-5-9-21)30(33)28(22-10-6-3-7-11-22)39-24-14-16-37-17-15-24/h2-13,24,26,28H,14-20H2,1H3,(H,34,35)/t26?,28-/m1/s1.